The van der Waals surface area contributed by atoms with E-state index in [0.717, 1.165) is 17.7 Å². The van der Waals surface area contributed by atoms with Crippen LogP contribution in [0.15, 0.2) is 72.8 Å². The van der Waals surface area contributed by atoms with Crippen LogP contribution in [0.5, 0.6) is 0 Å². The zero-order chi connectivity index (χ0) is 17.2. The van der Waals surface area contributed by atoms with Crippen LogP contribution in [0.2, 0.25) is 0 Å². The van der Waals surface area contributed by atoms with Gasteiger partial charge in [0, 0.05) is 28.4 Å². The Morgan fingerprint density at radius 2 is 1.64 bits per heavy atom. The van der Waals surface area contributed by atoms with Gasteiger partial charge in [-0.25, -0.2) is 0 Å². The van der Waals surface area contributed by atoms with Crippen molar-refractivity contribution in [2.75, 3.05) is 0 Å². The molecular weight excluding hydrogens is 304 g/mol. The fraction of sp³-hybridized carbons (Fsp3) is 0.0870. The summed E-state index contributed by atoms with van der Waals surface area (Å²) in [5.74, 6) is 0. The standard InChI is InChI=1S/C23H18N2/c1-2-25-22-11-7-6-10-20(22)21-15-17(12-13-23(21)25)14-19(16-24)18-8-4-3-5-9-18/h3-15H,2H2,1H3/b19-14+. The van der Waals surface area contributed by atoms with E-state index in [1.165, 1.54) is 21.8 Å². The van der Waals surface area contributed by atoms with Gasteiger partial charge < -0.3 is 4.57 Å². The summed E-state index contributed by atoms with van der Waals surface area (Å²) in [6.45, 7) is 3.11. The molecule has 1 aromatic heterocycles. The molecule has 0 saturated carbocycles. The molecule has 0 amide bonds. The van der Waals surface area contributed by atoms with Gasteiger partial charge in [0.15, 0.2) is 0 Å². The van der Waals surface area contributed by atoms with Gasteiger partial charge in [-0.3, -0.25) is 0 Å². The highest BCUT2D eigenvalue weighted by molar-refractivity contribution is 6.09. The number of allylic oxidation sites excluding steroid dienone is 1. The zero-order valence-electron chi connectivity index (χ0n) is 14.1. The maximum absolute atomic E-state index is 9.55. The van der Waals surface area contributed by atoms with Crippen molar-refractivity contribution in [2.45, 2.75) is 13.5 Å². The van der Waals surface area contributed by atoms with Crippen LogP contribution in [-0.4, -0.2) is 4.57 Å². The predicted octanol–water partition coefficient (Wildman–Crippen LogP) is 5.88. The van der Waals surface area contributed by atoms with Gasteiger partial charge in [0.05, 0.1) is 11.6 Å². The number of nitriles is 1. The van der Waals surface area contributed by atoms with Crippen molar-refractivity contribution in [1.29, 1.82) is 5.26 Å². The number of rotatable bonds is 3. The largest absolute Gasteiger partial charge is 0.341 e. The number of nitrogens with zero attached hydrogens (tertiary/aromatic N) is 2. The lowest BCUT2D eigenvalue weighted by Gasteiger charge is -2.03. The molecule has 0 bridgehead atoms. The Balaban J connectivity index is 1.91. The molecule has 120 valence electrons. The van der Waals surface area contributed by atoms with Gasteiger partial charge in [0.2, 0.25) is 0 Å². The van der Waals surface area contributed by atoms with E-state index in [-0.39, 0.29) is 0 Å². The molecule has 0 aliphatic rings. The summed E-state index contributed by atoms with van der Waals surface area (Å²) in [5.41, 5.74) is 5.16. The second kappa shape index (κ2) is 6.30. The minimum atomic E-state index is 0.680. The van der Waals surface area contributed by atoms with Gasteiger partial charge in [-0.15, -0.1) is 0 Å². The summed E-state index contributed by atoms with van der Waals surface area (Å²) in [7, 11) is 0. The molecule has 1 heterocycles. The Labute approximate surface area is 147 Å². The molecule has 0 atom stereocenters. The molecule has 0 fully saturated rings. The molecule has 0 N–H and O–H groups in total. The summed E-state index contributed by atoms with van der Waals surface area (Å²) < 4.78 is 2.33. The van der Waals surface area contributed by atoms with E-state index < -0.39 is 0 Å². The lowest BCUT2D eigenvalue weighted by Crippen LogP contribution is -1.92. The van der Waals surface area contributed by atoms with E-state index in [1.807, 2.05) is 36.4 Å². The molecule has 0 spiro atoms. The van der Waals surface area contributed by atoms with Crippen LogP contribution in [0, 0.1) is 11.3 Å². The third kappa shape index (κ3) is 2.60. The lowest BCUT2D eigenvalue weighted by molar-refractivity contribution is 0.827. The molecule has 3 aromatic carbocycles. The van der Waals surface area contributed by atoms with Crippen molar-refractivity contribution >= 4 is 33.5 Å². The topological polar surface area (TPSA) is 28.7 Å². The number of aryl methyl sites for hydroxylation is 1. The van der Waals surface area contributed by atoms with Gasteiger partial charge in [-0.05, 0) is 42.3 Å². The quantitative estimate of drug-likeness (QED) is 0.342. The molecule has 4 rings (SSSR count). The summed E-state index contributed by atoms with van der Waals surface area (Å²) >= 11 is 0. The number of hydrogen-bond donors (Lipinski definition) is 0. The SMILES string of the molecule is CCn1c2ccccc2c2cc(/C=C(\C#N)c3ccccc3)ccc21. The maximum atomic E-state index is 9.55. The van der Waals surface area contributed by atoms with E-state index in [2.05, 4.69) is 60.0 Å². The first-order chi connectivity index (χ1) is 12.3. The average molecular weight is 322 g/mol. The van der Waals surface area contributed by atoms with E-state index in [1.54, 1.807) is 0 Å². The van der Waals surface area contributed by atoms with Crippen molar-refractivity contribution < 1.29 is 0 Å². The van der Waals surface area contributed by atoms with Crippen LogP contribution in [0.4, 0.5) is 0 Å². The number of fused-ring (bicyclic) bond motifs is 3. The lowest BCUT2D eigenvalue weighted by atomic mass is 10.0. The monoisotopic (exact) mass is 322 g/mol. The number of benzene rings is 3. The van der Waals surface area contributed by atoms with Crippen LogP contribution in [0.3, 0.4) is 0 Å². The van der Waals surface area contributed by atoms with Crippen LogP contribution in [0.1, 0.15) is 18.1 Å². The minimum absolute atomic E-state index is 0.680. The third-order valence-corrected chi connectivity index (χ3v) is 4.63. The Kier molecular flexibility index (Phi) is 3.84. The normalized spacial score (nSPS) is 11.8. The van der Waals surface area contributed by atoms with Crippen molar-refractivity contribution in [3.8, 4) is 6.07 Å². The van der Waals surface area contributed by atoms with E-state index in [4.69, 9.17) is 0 Å². The van der Waals surface area contributed by atoms with Crippen LogP contribution in [0.25, 0.3) is 33.5 Å². The van der Waals surface area contributed by atoms with Gasteiger partial charge >= 0.3 is 0 Å². The molecule has 0 unspecified atom stereocenters. The highest BCUT2D eigenvalue weighted by Crippen LogP contribution is 2.30. The summed E-state index contributed by atoms with van der Waals surface area (Å²) in [6, 6.07) is 27.1. The van der Waals surface area contributed by atoms with Crippen LogP contribution < -0.4 is 0 Å². The van der Waals surface area contributed by atoms with Gasteiger partial charge in [-0.2, -0.15) is 5.26 Å². The van der Waals surface area contributed by atoms with Crippen molar-refractivity contribution in [3.05, 3.63) is 83.9 Å². The Morgan fingerprint density at radius 1 is 0.920 bits per heavy atom. The van der Waals surface area contributed by atoms with Gasteiger partial charge in [0.25, 0.3) is 0 Å². The van der Waals surface area contributed by atoms with Crippen molar-refractivity contribution in [3.63, 3.8) is 0 Å². The summed E-state index contributed by atoms with van der Waals surface area (Å²) in [5, 5.41) is 12.0. The molecule has 0 radical (unpaired) electrons. The number of para-hydroxylation sites is 1. The number of hydrogen-bond acceptors (Lipinski definition) is 1. The van der Waals surface area contributed by atoms with Crippen LogP contribution >= 0.6 is 0 Å². The zero-order valence-corrected chi connectivity index (χ0v) is 14.1. The average Bonchev–Trinajstić information content (AvgIpc) is 3.00. The molecule has 2 heteroatoms. The molecule has 0 saturated heterocycles. The minimum Gasteiger partial charge on any atom is -0.341 e. The fourth-order valence-electron chi connectivity index (χ4n) is 3.47. The second-order valence-electron chi connectivity index (χ2n) is 6.07. The van der Waals surface area contributed by atoms with Crippen LogP contribution in [-0.2, 0) is 6.54 Å². The molecular formula is C23H18N2. The Bertz CT molecular complexity index is 1130. The predicted molar refractivity (Wildman–Crippen MR) is 105 cm³/mol. The van der Waals surface area contributed by atoms with E-state index in [0.29, 0.717) is 5.57 Å². The highest BCUT2D eigenvalue weighted by atomic mass is 15.0. The molecule has 4 aromatic rings. The van der Waals surface area contributed by atoms with Gasteiger partial charge in [0.1, 0.15) is 0 Å². The number of aromatic nitrogens is 1. The third-order valence-electron chi connectivity index (χ3n) is 4.63. The first-order valence-electron chi connectivity index (χ1n) is 8.50. The van der Waals surface area contributed by atoms with E-state index in [9.17, 15) is 5.26 Å². The molecule has 0 aliphatic heterocycles. The fourth-order valence-corrected chi connectivity index (χ4v) is 3.47. The van der Waals surface area contributed by atoms with Crippen molar-refractivity contribution in [2.24, 2.45) is 0 Å². The first-order valence-corrected chi connectivity index (χ1v) is 8.50. The second-order valence-corrected chi connectivity index (χ2v) is 6.07. The molecule has 25 heavy (non-hydrogen) atoms. The smallest absolute Gasteiger partial charge is 0.0998 e. The first kappa shape index (κ1) is 15.2. The summed E-state index contributed by atoms with van der Waals surface area (Å²) in [4.78, 5) is 0. The molecule has 0 aliphatic carbocycles. The van der Waals surface area contributed by atoms with Gasteiger partial charge in [-0.1, -0.05) is 54.6 Å². The Morgan fingerprint density at radius 3 is 2.40 bits per heavy atom. The highest BCUT2D eigenvalue weighted by Gasteiger charge is 2.09. The summed E-state index contributed by atoms with van der Waals surface area (Å²) in [6.07, 6.45) is 1.97. The molecule has 2 nitrogen and oxygen atoms in total. The van der Waals surface area contributed by atoms with Crippen molar-refractivity contribution in [1.82, 2.24) is 4.57 Å². The Hall–Kier alpha value is -3.31. The maximum Gasteiger partial charge on any atom is 0.0998 e. The van der Waals surface area contributed by atoms with E-state index >= 15 is 0 Å².